The number of rotatable bonds is 4. The molecule has 1 aromatic rings. The summed E-state index contributed by atoms with van der Waals surface area (Å²) in [6, 6.07) is 1.02. The van der Waals surface area contributed by atoms with Crippen molar-refractivity contribution in [3.8, 4) is 0 Å². The van der Waals surface area contributed by atoms with Gasteiger partial charge in [0.05, 0.1) is 12.6 Å². The molecule has 0 spiro atoms. The van der Waals surface area contributed by atoms with Crippen LogP contribution in [-0.2, 0) is 4.79 Å². The molecule has 4 nitrogen and oxygen atoms in total. The third-order valence-corrected chi connectivity index (χ3v) is 2.40. The minimum atomic E-state index is -0.572. The normalized spacial score (nSPS) is 12.2. The molecule has 0 aliphatic rings. The van der Waals surface area contributed by atoms with E-state index in [1.54, 1.807) is 6.07 Å². The van der Waals surface area contributed by atoms with Crippen LogP contribution < -0.4 is 5.32 Å². The first-order valence-corrected chi connectivity index (χ1v) is 5.16. The Labute approximate surface area is 97.2 Å². The lowest BCUT2D eigenvalue weighted by Crippen LogP contribution is -2.31. The van der Waals surface area contributed by atoms with Crippen LogP contribution in [0.3, 0.4) is 0 Å². The number of nitrogens with one attached hydrogen (secondary N) is 1. The summed E-state index contributed by atoms with van der Waals surface area (Å²) < 4.78 is 0. The van der Waals surface area contributed by atoms with Gasteiger partial charge < -0.3 is 10.4 Å². The zero-order valence-electron chi connectivity index (χ0n) is 7.78. The summed E-state index contributed by atoms with van der Waals surface area (Å²) in [4.78, 5) is 14.9. The van der Waals surface area contributed by atoms with E-state index in [4.69, 9.17) is 28.3 Å². The van der Waals surface area contributed by atoms with Crippen LogP contribution in [0, 0.1) is 0 Å². The van der Waals surface area contributed by atoms with Crippen molar-refractivity contribution in [3.63, 3.8) is 0 Å². The molecule has 1 atom stereocenters. The number of hydrogen-bond donors (Lipinski definition) is 2. The Hall–Kier alpha value is -0.840. The lowest BCUT2D eigenvalue weighted by atomic mass is 10.1. The van der Waals surface area contributed by atoms with Crippen molar-refractivity contribution >= 4 is 29.1 Å². The second-order valence-corrected chi connectivity index (χ2v) is 3.51. The first-order chi connectivity index (χ1) is 7.19. The van der Waals surface area contributed by atoms with Gasteiger partial charge in [0.25, 0.3) is 0 Å². The maximum Gasteiger partial charge on any atom is 0.235 e. The highest BCUT2D eigenvalue weighted by Crippen LogP contribution is 2.21. The van der Waals surface area contributed by atoms with E-state index in [-0.39, 0.29) is 18.4 Å². The lowest BCUT2D eigenvalue weighted by Gasteiger charge is -2.16. The molecule has 6 heteroatoms. The Bertz CT molecular complexity index is 347. The van der Waals surface area contributed by atoms with Gasteiger partial charge in [0, 0.05) is 23.0 Å². The van der Waals surface area contributed by atoms with Crippen LogP contribution in [-0.4, -0.2) is 28.5 Å². The molecular formula is C9H10Cl2N2O2. The summed E-state index contributed by atoms with van der Waals surface area (Å²) >= 11 is 11.2. The van der Waals surface area contributed by atoms with E-state index in [9.17, 15) is 4.79 Å². The Morgan fingerprint density at radius 2 is 2.40 bits per heavy atom. The third-order valence-electron chi connectivity index (χ3n) is 1.81. The summed E-state index contributed by atoms with van der Waals surface area (Å²) in [6.45, 7) is -0.256. The number of hydrogen-bond acceptors (Lipinski definition) is 3. The maximum atomic E-state index is 11.0. The van der Waals surface area contributed by atoms with Gasteiger partial charge in [-0.05, 0) is 6.07 Å². The average molecular weight is 249 g/mol. The van der Waals surface area contributed by atoms with Gasteiger partial charge in [0.2, 0.25) is 5.91 Å². The Kier molecular flexibility index (Phi) is 4.81. The van der Waals surface area contributed by atoms with Crippen LogP contribution in [0.5, 0.6) is 0 Å². The summed E-state index contributed by atoms with van der Waals surface area (Å²) in [6.07, 6.45) is 3.03. The number of pyridine rings is 1. The Morgan fingerprint density at radius 1 is 1.67 bits per heavy atom. The van der Waals surface area contributed by atoms with E-state index in [2.05, 4.69) is 10.3 Å². The van der Waals surface area contributed by atoms with Crippen molar-refractivity contribution in [1.82, 2.24) is 10.3 Å². The number of nitrogens with zero attached hydrogens (tertiary/aromatic N) is 1. The monoisotopic (exact) mass is 248 g/mol. The van der Waals surface area contributed by atoms with Crippen LogP contribution in [0.1, 0.15) is 11.6 Å². The first-order valence-electron chi connectivity index (χ1n) is 4.24. The van der Waals surface area contributed by atoms with Crippen LogP contribution in [0.2, 0.25) is 5.02 Å². The quantitative estimate of drug-likeness (QED) is 0.786. The summed E-state index contributed by atoms with van der Waals surface area (Å²) in [7, 11) is 0. The van der Waals surface area contributed by atoms with Crippen LogP contribution in [0.15, 0.2) is 18.5 Å². The van der Waals surface area contributed by atoms with Crippen molar-refractivity contribution in [2.24, 2.45) is 0 Å². The molecular weight excluding hydrogens is 239 g/mol. The van der Waals surface area contributed by atoms with Gasteiger partial charge in [-0.1, -0.05) is 11.6 Å². The Balaban J connectivity index is 2.83. The Morgan fingerprint density at radius 3 is 2.93 bits per heavy atom. The molecule has 0 aliphatic carbocycles. The smallest absolute Gasteiger partial charge is 0.235 e. The van der Waals surface area contributed by atoms with E-state index in [0.29, 0.717) is 10.6 Å². The van der Waals surface area contributed by atoms with Gasteiger partial charge >= 0.3 is 0 Å². The highest BCUT2D eigenvalue weighted by atomic mass is 35.5. The molecule has 1 amide bonds. The van der Waals surface area contributed by atoms with Crippen molar-refractivity contribution in [2.75, 3.05) is 12.5 Å². The number of amides is 1. The lowest BCUT2D eigenvalue weighted by molar-refractivity contribution is -0.119. The molecule has 1 heterocycles. The van der Waals surface area contributed by atoms with Gasteiger partial charge in [0.15, 0.2) is 0 Å². The molecule has 82 valence electrons. The fourth-order valence-electron chi connectivity index (χ4n) is 1.10. The summed E-state index contributed by atoms with van der Waals surface area (Å²) in [5.74, 6) is -0.524. The molecule has 1 unspecified atom stereocenters. The molecule has 0 aromatic carbocycles. The molecule has 1 rings (SSSR count). The molecule has 0 bridgehead atoms. The van der Waals surface area contributed by atoms with Crippen LogP contribution in [0.4, 0.5) is 0 Å². The number of aliphatic hydroxyl groups excluding tert-OH is 1. The van der Waals surface area contributed by atoms with Crippen molar-refractivity contribution in [2.45, 2.75) is 6.04 Å². The fourth-order valence-corrected chi connectivity index (χ4v) is 1.41. The van der Waals surface area contributed by atoms with Gasteiger partial charge in [-0.3, -0.25) is 9.78 Å². The van der Waals surface area contributed by atoms with E-state index in [0.717, 1.165) is 0 Å². The predicted molar refractivity (Wildman–Crippen MR) is 57.9 cm³/mol. The highest BCUT2D eigenvalue weighted by molar-refractivity contribution is 6.31. The predicted octanol–water partition coefficient (Wildman–Crippen LogP) is 1.12. The van der Waals surface area contributed by atoms with Crippen molar-refractivity contribution < 1.29 is 9.90 Å². The van der Waals surface area contributed by atoms with Gasteiger partial charge in [-0.15, -0.1) is 11.6 Å². The molecule has 0 radical (unpaired) electrons. The molecule has 0 fully saturated rings. The maximum absolute atomic E-state index is 11.0. The molecule has 0 saturated carbocycles. The third kappa shape index (κ3) is 3.34. The second kappa shape index (κ2) is 5.90. The highest BCUT2D eigenvalue weighted by Gasteiger charge is 2.15. The number of carbonyl (C=O) groups excluding carboxylic acids is 1. The van der Waals surface area contributed by atoms with E-state index in [1.807, 2.05) is 0 Å². The first kappa shape index (κ1) is 12.2. The second-order valence-electron chi connectivity index (χ2n) is 2.83. The summed E-state index contributed by atoms with van der Waals surface area (Å²) in [5.41, 5.74) is 0.570. The van der Waals surface area contributed by atoms with E-state index < -0.39 is 6.04 Å². The van der Waals surface area contributed by atoms with Crippen LogP contribution >= 0.6 is 23.2 Å². The SMILES string of the molecule is O=C(CCl)NC(CO)c1cnccc1Cl. The topological polar surface area (TPSA) is 62.2 Å². The molecule has 1 aromatic heterocycles. The number of halogens is 2. The van der Waals surface area contributed by atoms with Gasteiger partial charge in [0.1, 0.15) is 5.88 Å². The number of aromatic nitrogens is 1. The van der Waals surface area contributed by atoms with E-state index in [1.165, 1.54) is 12.4 Å². The van der Waals surface area contributed by atoms with E-state index >= 15 is 0 Å². The zero-order chi connectivity index (χ0) is 11.3. The average Bonchev–Trinajstić information content (AvgIpc) is 2.26. The van der Waals surface area contributed by atoms with Crippen molar-refractivity contribution in [1.29, 1.82) is 0 Å². The molecule has 2 N–H and O–H groups in total. The zero-order valence-corrected chi connectivity index (χ0v) is 9.29. The number of carbonyl (C=O) groups is 1. The molecule has 0 aliphatic heterocycles. The fraction of sp³-hybridized carbons (Fsp3) is 0.333. The largest absolute Gasteiger partial charge is 0.394 e. The molecule has 0 saturated heterocycles. The minimum absolute atomic E-state index is 0.158. The number of aliphatic hydroxyl groups is 1. The number of alkyl halides is 1. The van der Waals surface area contributed by atoms with Gasteiger partial charge in [-0.2, -0.15) is 0 Å². The van der Waals surface area contributed by atoms with Crippen molar-refractivity contribution in [3.05, 3.63) is 29.0 Å². The summed E-state index contributed by atoms with van der Waals surface area (Å²) in [5, 5.41) is 12.1. The van der Waals surface area contributed by atoms with Gasteiger partial charge in [-0.25, -0.2) is 0 Å². The molecule has 15 heavy (non-hydrogen) atoms. The minimum Gasteiger partial charge on any atom is -0.394 e. The standard InChI is InChI=1S/C9H10Cl2N2O2/c10-3-9(15)13-8(5-14)6-4-12-2-1-7(6)11/h1-2,4,8,14H,3,5H2,(H,13,15). The van der Waals surface area contributed by atoms with Crippen LogP contribution in [0.25, 0.3) is 0 Å².